The van der Waals surface area contributed by atoms with E-state index in [1.165, 1.54) is 12.8 Å². The molecular formula is C15H26N4O. The highest BCUT2D eigenvalue weighted by Gasteiger charge is 2.28. The molecule has 0 aromatic carbocycles. The maximum atomic E-state index is 8.74. The van der Waals surface area contributed by atoms with Gasteiger partial charge in [-0.25, -0.2) is 9.97 Å². The molecule has 0 spiro atoms. The first-order valence-electron chi connectivity index (χ1n) is 7.67. The van der Waals surface area contributed by atoms with Crippen molar-refractivity contribution in [2.75, 3.05) is 30.8 Å². The molecule has 0 saturated heterocycles. The Morgan fingerprint density at radius 2 is 1.80 bits per heavy atom. The lowest BCUT2D eigenvalue weighted by atomic mass is 10.2. The van der Waals surface area contributed by atoms with Gasteiger partial charge in [-0.1, -0.05) is 12.8 Å². The number of aliphatic hydroxyl groups excluding tert-OH is 1. The van der Waals surface area contributed by atoms with Gasteiger partial charge in [0, 0.05) is 31.7 Å². The first-order chi connectivity index (χ1) is 9.76. The molecule has 1 aromatic rings. The van der Waals surface area contributed by atoms with Gasteiger partial charge in [0.15, 0.2) is 0 Å². The number of unbranched alkanes of at least 4 members (excludes halogenated alkanes) is 3. The quantitative estimate of drug-likeness (QED) is 0.606. The Morgan fingerprint density at radius 3 is 2.45 bits per heavy atom. The molecule has 1 saturated carbocycles. The van der Waals surface area contributed by atoms with Gasteiger partial charge in [-0.2, -0.15) is 0 Å². The van der Waals surface area contributed by atoms with Gasteiger partial charge in [0.05, 0.1) is 0 Å². The van der Waals surface area contributed by atoms with Gasteiger partial charge in [0.2, 0.25) is 0 Å². The average Bonchev–Trinajstić information content (AvgIpc) is 3.29. The molecule has 3 N–H and O–H groups in total. The molecule has 5 heteroatoms. The summed E-state index contributed by atoms with van der Waals surface area (Å²) in [6.07, 6.45) is 6.68. The number of aliphatic hydroxyl groups is 1. The van der Waals surface area contributed by atoms with E-state index < -0.39 is 0 Å². The van der Waals surface area contributed by atoms with E-state index in [-0.39, 0.29) is 0 Å². The van der Waals surface area contributed by atoms with Crippen molar-refractivity contribution >= 4 is 11.6 Å². The highest BCUT2D eigenvalue weighted by molar-refractivity contribution is 5.57. The molecule has 0 atom stereocenters. The van der Waals surface area contributed by atoms with Gasteiger partial charge in [-0.05, 0) is 32.6 Å². The zero-order valence-corrected chi connectivity index (χ0v) is 12.6. The molecule has 1 aliphatic rings. The largest absolute Gasteiger partial charge is 0.396 e. The maximum Gasteiger partial charge on any atom is 0.136 e. The first-order valence-corrected chi connectivity index (χ1v) is 7.67. The third-order valence-corrected chi connectivity index (χ3v) is 3.72. The number of nitrogens with zero attached hydrogens (tertiary/aromatic N) is 2. The van der Waals surface area contributed by atoms with E-state index in [0.29, 0.717) is 12.5 Å². The van der Waals surface area contributed by atoms with Crippen LogP contribution in [-0.2, 0) is 0 Å². The molecule has 1 heterocycles. The van der Waals surface area contributed by atoms with Crippen LogP contribution in [0.4, 0.5) is 11.6 Å². The SMILES string of the molecule is CNc1nc(C2CC2)nc(NCCCCCCO)c1C. The molecule has 112 valence electrons. The van der Waals surface area contributed by atoms with Crippen molar-refractivity contribution in [1.29, 1.82) is 0 Å². The zero-order valence-electron chi connectivity index (χ0n) is 12.6. The smallest absolute Gasteiger partial charge is 0.136 e. The van der Waals surface area contributed by atoms with Crippen molar-refractivity contribution in [2.45, 2.75) is 51.4 Å². The zero-order chi connectivity index (χ0) is 14.4. The van der Waals surface area contributed by atoms with Crippen molar-refractivity contribution < 1.29 is 5.11 Å². The summed E-state index contributed by atoms with van der Waals surface area (Å²) in [5.74, 6) is 3.44. The number of nitrogens with one attached hydrogen (secondary N) is 2. The minimum absolute atomic E-state index is 0.300. The van der Waals surface area contributed by atoms with E-state index in [9.17, 15) is 0 Å². The molecule has 0 amide bonds. The lowest BCUT2D eigenvalue weighted by Crippen LogP contribution is -2.10. The monoisotopic (exact) mass is 278 g/mol. The number of aromatic nitrogens is 2. The topological polar surface area (TPSA) is 70.1 Å². The fraction of sp³-hybridized carbons (Fsp3) is 0.733. The van der Waals surface area contributed by atoms with Crippen LogP contribution in [0.5, 0.6) is 0 Å². The second-order valence-electron chi connectivity index (χ2n) is 5.49. The summed E-state index contributed by atoms with van der Waals surface area (Å²) < 4.78 is 0. The van der Waals surface area contributed by atoms with E-state index in [0.717, 1.165) is 55.3 Å². The summed E-state index contributed by atoms with van der Waals surface area (Å²) in [7, 11) is 1.91. The van der Waals surface area contributed by atoms with Gasteiger partial charge < -0.3 is 15.7 Å². The van der Waals surface area contributed by atoms with E-state index in [1.54, 1.807) is 0 Å². The Balaban J connectivity index is 1.90. The molecular weight excluding hydrogens is 252 g/mol. The van der Waals surface area contributed by atoms with E-state index in [2.05, 4.69) is 27.5 Å². The molecule has 2 rings (SSSR count). The average molecular weight is 278 g/mol. The molecule has 0 bridgehead atoms. The fourth-order valence-electron chi connectivity index (χ4n) is 2.27. The summed E-state index contributed by atoms with van der Waals surface area (Å²) in [4.78, 5) is 9.27. The summed E-state index contributed by atoms with van der Waals surface area (Å²) >= 11 is 0. The lowest BCUT2D eigenvalue weighted by molar-refractivity contribution is 0.283. The second-order valence-corrected chi connectivity index (χ2v) is 5.49. The van der Waals surface area contributed by atoms with E-state index in [1.807, 2.05) is 7.05 Å². The Bertz CT molecular complexity index is 432. The molecule has 5 nitrogen and oxygen atoms in total. The fourth-order valence-corrected chi connectivity index (χ4v) is 2.27. The molecule has 1 aliphatic carbocycles. The predicted molar refractivity (Wildman–Crippen MR) is 82.3 cm³/mol. The van der Waals surface area contributed by atoms with Crippen molar-refractivity contribution in [3.05, 3.63) is 11.4 Å². The van der Waals surface area contributed by atoms with Crippen molar-refractivity contribution in [1.82, 2.24) is 9.97 Å². The highest BCUT2D eigenvalue weighted by atomic mass is 16.2. The Morgan fingerprint density at radius 1 is 1.10 bits per heavy atom. The minimum atomic E-state index is 0.300. The van der Waals surface area contributed by atoms with Crippen LogP contribution < -0.4 is 10.6 Å². The van der Waals surface area contributed by atoms with Crippen LogP contribution in [0.15, 0.2) is 0 Å². The van der Waals surface area contributed by atoms with Gasteiger partial charge in [-0.3, -0.25) is 0 Å². The summed E-state index contributed by atoms with van der Waals surface area (Å²) in [5.41, 5.74) is 1.09. The van der Waals surface area contributed by atoms with Gasteiger partial charge in [0.1, 0.15) is 17.5 Å². The van der Waals surface area contributed by atoms with Crippen LogP contribution in [0.1, 0.15) is 55.8 Å². The number of rotatable bonds is 9. The third-order valence-electron chi connectivity index (χ3n) is 3.72. The Kier molecular flexibility index (Phi) is 5.59. The van der Waals surface area contributed by atoms with Crippen LogP contribution in [-0.4, -0.2) is 35.3 Å². The molecule has 1 aromatic heterocycles. The minimum Gasteiger partial charge on any atom is -0.396 e. The van der Waals surface area contributed by atoms with Crippen LogP contribution >= 0.6 is 0 Å². The summed E-state index contributed by atoms with van der Waals surface area (Å²) in [6, 6.07) is 0. The normalized spacial score (nSPS) is 14.3. The number of anilines is 2. The maximum absolute atomic E-state index is 8.74. The Labute approximate surface area is 121 Å². The van der Waals surface area contributed by atoms with Crippen LogP contribution in [0.2, 0.25) is 0 Å². The molecule has 0 radical (unpaired) electrons. The second kappa shape index (κ2) is 7.43. The summed E-state index contributed by atoms with van der Waals surface area (Å²) in [6.45, 7) is 3.28. The molecule has 0 unspecified atom stereocenters. The van der Waals surface area contributed by atoms with E-state index >= 15 is 0 Å². The Hall–Kier alpha value is -1.36. The molecule has 0 aliphatic heterocycles. The van der Waals surface area contributed by atoms with Gasteiger partial charge in [-0.15, -0.1) is 0 Å². The predicted octanol–water partition coefficient (Wildman–Crippen LogP) is 2.67. The van der Waals surface area contributed by atoms with Gasteiger partial charge >= 0.3 is 0 Å². The van der Waals surface area contributed by atoms with Crippen LogP contribution in [0.3, 0.4) is 0 Å². The lowest BCUT2D eigenvalue weighted by Gasteiger charge is -2.13. The molecule has 20 heavy (non-hydrogen) atoms. The van der Waals surface area contributed by atoms with Crippen molar-refractivity contribution in [3.63, 3.8) is 0 Å². The van der Waals surface area contributed by atoms with Gasteiger partial charge in [0.25, 0.3) is 0 Å². The van der Waals surface area contributed by atoms with Crippen molar-refractivity contribution in [3.8, 4) is 0 Å². The highest BCUT2D eigenvalue weighted by Crippen LogP contribution is 2.39. The number of hydrogen-bond donors (Lipinski definition) is 3. The summed E-state index contributed by atoms with van der Waals surface area (Å²) in [5, 5.41) is 15.3. The van der Waals surface area contributed by atoms with Crippen LogP contribution in [0.25, 0.3) is 0 Å². The van der Waals surface area contributed by atoms with Crippen molar-refractivity contribution in [2.24, 2.45) is 0 Å². The van der Waals surface area contributed by atoms with E-state index in [4.69, 9.17) is 5.11 Å². The standard InChI is InChI=1S/C15H26N4O/c1-11-13(16-2)18-15(12-7-8-12)19-14(11)17-9-5-3-4-6-10-20/h12,20H,3-10H2,1-2H3,(H2,16,17,18,19). The third kappa shape index (κ3) is 4.07. The first kappa shape index (κ1) is 15.0. The molecule has 1 fully saturated rings. The van der Waals surface area contributed by atoms with Crippen LogP contribution in [0, 0.1) is 6.92 Å². The number of hydrogen-bond acceptors (Lipinski definition) is 5.